The Morgan fingerprint density at radius 3 is 1.23 bits per heavy atom. The van der Waals surface area contributed by atoms with E-state index in [1.165, 1.54) is 11.1 Å². The molecular weight excluding hydrogens is 400 g/mol. The highest BCUT2D eigenvalue weighted by atomic mass is 32.2. The van der Waals surface area contributed by atoms with Gasteiger partial charge >= 0.3 is 0 Å². The number of benzene rings is 4. The van der Waals surface area contributed by atoms with Gasteiger partial charge in [-0.3, -0.25) is 0 Å². The summed E-state index contributed by atoms with van der Waals surface area (Å²) in [5, 5.41) is 0.180. The summed E-state index contributed by atoms with van der Waals surface area (Å²) in [7, 11) is 3.47. The lowest BCUT2D eigenvalue weighted by atomic mass is 10.0. The topological polar surface area (TPSA) is 18.5 Å². The van der Waals surface area contributed by atoms with Crippen LogP contribution >= 0.6 is 11.8 Å². The first-order valence-electron chi connectivity index (χ1n) is 10.3. The molecular formula is C28H26O2S. The van der Waals surface area contributed by atoms with E-state index in [0.29, 0.717) is 0 Å². The lowest BCUT2D eigenvalue weighted by Crippen LogP contribution is -2.06. The minimum Gasteiger partial charge on any atom is -0.496 e. The van der Waals surface area contributed by atoms with Crippen LogP contribution in [0.3, 0.4) is 0 Å². The second-order valence-electron chi connectivity index (χ2n) is 7.20. The van der Waals surface area contributed by atoms with E-state index >= 15 is 0 Å². The SMILES string of the molecule is COc1ccccc1C(SC(c1ccccc1)c1ccccc1OC)c1ccccc1. The molecule has 0 aliphatic carbocycles. The van der Waals surface area contributed by atoms with Crippen LogP contribution < -0.4 is 9.47 Å². The Balaban J connectivity index is 1.85. The molecule has 156 valence electrons. The van der Waals surface area contributed by atoms with Crippen molar-refractivity contribution < 1.29 is 9.47 Å². The third kappa shape index (κ3) is 4.78. The molecule has 0 heterocycles. The maximum absolute atomic E-state index is 5.75. The molecule has 2 atom stereocenters. The van der Waals surface area contributed by atoms with Gasteiger partial charge in [0.15, 0.2) is 0 Å². The first kappa shape index (κ1) is 21.1. The summed E-state index contributed by atoms with van der Waals surface area (Å²) < 4.78 is 11.5. The summed E-state index contributed by atoms with van der Waals surface area (Å²) in [6.45, 7) is 0. The Hall–Kier alpha value is -3.17. The largest absolute Gasteiger partial charge is 0.496 e. The van der Waals surface area contributed by atoms with Crippen LogP contribution in [0.15, 0.2) is 109 Å². The molecule has 0 bridgehead atoms. The molecule has 0 N–H and O–H groups in total. The maximum Gasteiger partial charge on any atom is 0.123 e. The first-order valence-corrected chi connectivity index (χ1v) is 11.3. The van der Waals surface area contributed by atoms with Crippen LogP contribution in [-0.4, -0.2) is 14.2 Å². The van der Waals surface area contributed by atoms with E-state index in [9.17, 15) is 0 Å². The lowest BCUT2D eigenvalue weighted by molar-refractivity contribution is 0.410. The highest BCUT2D eigenvalue weighted by Gasteiger charge is 2.27. The standard InChI is InChI=1S/C28H26O2S/c1-29-25-19-11-9-17-23(25)27(21-13-5-3-6-14-21)31-28(22-15-7-4-8-16-22)24-18-10-12-20-26(24)30-2/h3-20,27-28H,1-2H3. The molecule has 0 saturated carbocycles. The van der Waals surface area contributed by atoms with Gasteiger partial charge in [-0.15, -0.1) is 11.8 Å². The third-order valence-corrected chi connectivity index (χ3v) is 6.92. The molecule has 31 heavy (non-hydrogen) atoms. The van der Waals surface area contributed by atoms with Crippen LogP contribution in [0, 0.1) is 0 Å². The third-order valence-electron chi connectivity index (χ3n) is 5.32. The van der Waals surface area contributed by atoms with E-state index in [1.807, 2.05) is 36.0 Å². The zero-order valence-electron chi connectivity index (χ0n) is 17.8. The average Bonchev–Trinajstić information content (AvgIpc) is 2.86. The first-order chi connectivity index (χ1) is 15.3. The van der Waals surface area contributed by atoms with Gasteiger partial charge in [0, 0.05) is 11.1 Å². The van der Waals surface area contributed by atoms with E-state index in [4.69, 9.17) is 9.47 Å². The molecule has 2 unspecified atom stereocenters. The molecule has 0 aromatic heterocycles. The molecule has 0 radical (unpaired) electrons. The Labute approximate surface area is 188 Å². The molecule has 0 saturated heterocycles. The van der Waals surface area contributed by atoms with Gasteiger partial charge in [-0.05, 0) is 23.3 Å². The Morgan fingerprint density at radius 1 is 0.484 bits per heavy atom. The Morgan fingerprint density at radius 2 is 0.839 bits per heavy atom. The van der Waals surface area contributed by atoms with E-state index in [1.54, 1.807) is 14.2 Å². The predicted octanol–water partition coefficient (Wildman–Crippen LogP) is 7.32. The molecule has 4 aromatic carbocycles. The van der Waals surface area contributed by atoms with Crippen LogP contribution in [0.25, 0.3) is 0 Å². The summed E-state index contributed by atoms with van der Waals surface area (Å²) >= 11 is 1.90. The van der Waals surface area contributed by atoms with Gasteiger partial charge in [-0.1, -0.05) is 97.1 Å². The number of thioether (sulfide) groups is 1. The van der Waals surface area contributed by atoms with Gasteiger partial charge in [0.2, 0.25) is 0 Å². The van der Waals surface area contributed by atoms with Crippen LogP contribution in [0.5, 0.6) is 11.5 Å². The summed E-state index contributed by atoms with van der Waals surface area (Å²) in [5.74, 6) is 1.80. The smallest absolute Gasteiger partial charge is 0.123 e. The van der Waals surface area contributed by atoms with Crippen LogP contribution in [0.2, 0.25) is 0 Å². The molecule has 2 nitrogen and oxygen atoms in total. The minimum atomic E-state index is 0.0902. The highest BCUT2D eigenvalue weighted by Crippen LogP contribution is 2.51. The van der Waals surface area contributed by atoms with Gasteiger partial charge in [-0.25, -0.2) is 0 Å². The molecule has 0 fully saturated rings. The number of hydrogen-bond acceptors (Lipinski definition) is 3. The van der Waals surface area contributed by atoms with E-state index in [0.717, 1.165) is 22.6 Å². The second-order valence-corrected chi connectivity index (χ2v) is 8.42. The summed E-state index contributed by atoms with van der Waals surface area (Å²) in [4.78, 5) is 0. The molecule has 0 aliphatic heterocycles. The highest BCUT2D eigenvalue weighted by molar-refractivity contribution is 8.00. The lowest BCUT2D eigenvalue weighted by Gasteiger charge is -2.27. The van der Waals surface area contributed by atoms with E-state index in [-0.39, 0.29) is 10.5 Å². The monoisotopic (exact) mass is 426 g/mol. The van der Waals surface area contributed by atoms with Crippen LogP contribution in [0.4, 0.5) is 0 Å². The summed E-state index contributed by atoms with van der Waals surface area (Å²) in [6, 6.07) is 37.8. The van der Waals surface area contributed by atoms with Crippen molar-refractivity contribution >= 4 is 11.8 Å². The van der Waals surface area contributed by atoms with Crippen molar-refractivity contribution in [3.05, 3.63) is 131 Å². The van der Waals surface area contributed by atoms with Crippen molar-refractivity contribution in [1.82, 2.24) is 0 Å². The molecule has 3 heteroatoms. The van der Waals surface area contributed by atoms with Crippen molar-refractivity contribution in [2.24, 2.45) is 0 Å². The number of ether oxygens (including phenoxy) is 2. The predicted molar refractivity (Wildman–Crippen MR) is 130 cm³/mol. The Kier molecular flexibility index (Phi) is 6.96. The molecule has 4 aromatic rings. The molecule has 0 amide bonds. The van der Waals surface area contributed by atoms with Crippen molar-refractivity contribution in [3.8, 4) is 11.5 Å². The van der Waals surface area contributed by atoms with Gasteiger partial charge in [0.25, 0.3) is 0 Å². The van der Waals surface area contributed by atoms with Crippen molar-refractivity contribution in [3.63, 3.8) is 0 Å². The van der Waals surface area contributed by atoms with Crippen molar-refractivity contribution in [2.45, 2.75) is 10.5 Å². The van der Waals surface area contributed by atoms with Crippen LogP contribution in [-0.2, 0) is 0 Å². The number of hydrogen-bond donors (Lipinski definition) is 0. The molecule has 0 aliphatic rings. The molecule has 4 rings (SSSR count). The van der Waals surface area contributed by atoms with Gasteiger partial charge in [0.05, 0.1) is 24.7 Å². The number of para-hydroxylation sites is 2. The Bertz CT molecular complexity index is 1010. The number of methoxy groups -OCH3 is 2. The fourth-order valence-corrected chi connectivity index (χ4v) is 5.40. The molecule has 0 spiro atoms. The van der Waals surface area contributed by atoms with Crippen molar-refractivity contribution in [1.29, 1.82) is 0 Å². The average molecular weight is 427 g/mol. The summed E-state index contributed by atoms with van der Waals surface area (Å²) in [5.41, 5.74) is 4.81. The van der Waals surface area contributed by atoms with Crippen LogP contribution in [0.1, 0.15) is 32.8 Å². The van der Waals surface area contributed by atoms with Gasteiger partial charge in [0.1, 0.15) is 11.5 Å². The summed E-state index contributed by atoms with van der Waals surface area (Å²) in [6.07, 6.45) is 0. The van der Waals surface area contributed by atoms with E-state index in [2.05, 4.69) is 84.9 Å². The van der Waals surface area contributed by atoms with Gasteiger partial charge < -0.3 is 9.47 Å². The minimum absolute atomic E-state index is 0.0902. The van der Waals surface area contributed by atoms with Gasteiger partial charge in [-0.2, -0.15) is 0 Å². The zero-order valence-corrected chi connectivity index (χ0v) is 18.6. The fourth-order valence-electron chi connectivity index (χ4n) is 3.82. The zero-order chi connectivity index (χ0) is 21.5. The maximum atomic E-state index is 5.75. The number of rotatable bonds is 8. The normalized spacial score (nSPS) is 12.7. The fraction of sp³-hybridized carbons (Fsp3) is 0.143. The quantitative estimate of drug-likeness (QED) is 0.294. The van der Waals surface area contributed by atoms with E-state index < -0.39 is 0 Å². The van der Waals surface area contributed by atoms with Crippen molar-refractivity contribution in [2.75, 3.05) is 14.2 Å². The second kappa shape index (κ2) is 10.2.